The number of thiophene rings is 1. The summed E-state index contributed by atoms with van der Waals surface area (Å²) >= 11 is 1.42. The van der Waals surface area contributed by atoms with Crippen LogP contribution in [0.2, 0.25) is 0 Å². The van der Waals surface area contributed by atoms with Gasteiger partial charge >= 0.3 is 6.03 Å². The lowest BCUT2D eigenvalue weighted by molar-refractivity contribution is 0.1000. The van der Waals surface area contributed by atoms with E-state index >= 15 is 0 Å². The van der Waals surface area contributed by atoms with Gasteiger partial charge in [0.05, 0.1) is 17.4 Å². The third kappa shape index (κ3) is 4.08. The van der Waals surface area contributed by atoms with Gasteiger partial charge in [-0.1, -0.05) is 38.6 Å². The molecule has 4 N–H and O–H groups in total. The normalized spacial score (nSPS) is 13.4. The molecule has 1 aliphatic rings. The van der Waals surface area contributed by atoms with E-state index in [9.17, 15) is 9.59 Å². The number of benzene rings is 1. The fraction of sp³-hybridized carbons (Fsp3) is 0.286. The molecule has 2 aromatic heterocycles. The van der Waals surface area contributed by atoms with Crippen LogP contribution >= 0.6 is 11.3 Å². The number of amides is 3. The van der Waals surface area contributed by atoms with Gasteiger partial charge in [0.2, 0.25) is 0 Å². The van der Waals surface area contributed by atoms with E-state index in [-0.39, 0.29) is 7.43 Å². The molecule has 0 spiro atoms. The van der Waals surface area contributed by atoms with Crippen molar-refractivity contribution in [3.05, 3.63) is 52.7 Å². The predicted octanol–water partition coefficient (Wildman–Crippen LogP) is 4.05. The Bertz CT molecular complexity index is 1060. The number of fused-ring (bicyclic) bond motifs is 2. The number of likely N-dealkylation sites (N-methyl/N-ethyl adjacent to an activating group) is 1. The van der Waals surface area contributed by atoms with Crippen molar-refractivity contribution >= 4 is 44.7 Å². The average Bonchev–Trinajstić information content (AvgIpc) is 3.05. The fourth-order valence-corrected chi connectivity index (χ4v) is 4.84. The third-order valence-corrected chi connectivity index (χ3v) is 6.11. The summed E-state index contributed by atoms with van der Waals surface area (Å²) < 4.78 is 0. The molecule has 4 rings (SSSR count). The number of nitrogens with one attached hydrogen (secondary N) is 2. The Morgan fingerprint density at radius 2 is 2.03 bits per heavy atom. The maximum Gasteiger partial charge on any atom is 0.324 e. The molecule has 0 fully saturated rings. The molecule has 0 radical (unpaired) electrons. The molecule has 3 aromatic rings. The van der Waals surface area contributed by atoms with E-state index < -0.39 is 11.9 Å². The van der Waals surface area contributed by atoms with Crippen LogP contribution in [0.1, 0.15) is 35.1 Å². The second kappa shape index (κ2) is 8.59. The zero-order chi connectivity index (χ0) is 19.7. The van der Waals surface area contributed by atoms with Crippen molar-refractivity contribution in [3.63, 3.8) is 0 Å². The number of carbonyl (C=O) groups excluding carboxylic acids is 2. The largest absolute Gasteiger partial charge is 0.365 e. The van der Waals surface area contributed by atoms with Crippen LogP contribution in [-0.2, 0) is 13.0 Å². The minimum absolute atomic E-state index is 0. The van der Waals surface area contributed by atoms with Gasteiger partial charge in [-0.3, -0.25) is 20.0 Å². The Labute approximate surface area is 173 Å². The van der Waals surface area contributed by atoms with Crippen LogP contribution in [0.15, 0.2) is 36.7 Å². The molecule has 0 saturated carbocycles. The van der Waals surface area contributed by atoms with Gasteiger partial charge in [0.1, 0.15) is 5.00 Å². The maximum atomic E-state index is 12.6. The number of nitrogens with two attached hydrogens (primary N) is 1. The number of rotatable bonds is 4. The predicted molar refractivity (Wildman–Crippen MR) is 119 cm³/mol. The van der Waals surface area contributed by atoms with Crippen molar-refractivity contribution in [2.45, 2.75) is 27.3 Å². The van der Waals surface area contributed by atoms with E-state index in [4.69, 9.17) is 5.73 Å². The first-order valence-electron chi connectivity index (χ1n) is 9.14. The van der Waals surface area contributed by atoms with Crippen molar-refractivity contribution in [3.8, 4) is 0 Å². The number of aromatic nitrogens is 1. The summed E-state index contributed by atoms with van der Waals surface area (Å²) in [5, 5.41) is 7.98. The minimum Gasteiger partial charge on any atom is -0.365 e. The molecule has 3 heterocycles. The second-order valence-corrected chi connectivity index (χ2v) is 7.78. The number of carbonyl (C=O) groups is 2. The summed E-state index contributed by atoms with van der Waals surface area (Å²) in [5.74, 6) is -0.510. The van der Waals surface area contributed by atoms with Crippen molar-refractivity contribution in [1.82, 2.24) is 9.88 Å². The van der Waals surface area contributed by atoms with Crippen molar-refractivity contribution in [2.24, 2.45) is 5.73 Å². The Kier molecular flexibility index (Phi) is 6.14. The molecule has 0 atom stereocenters. The Balaban J connectivity index is 0.00000240. The molecular weight excluding hydrogens is 386 g/mol. The van der Waals surface area contributed by atoms with Crippen LogP contribution < -0.4 is 16.4 Å². The molecule has 0 unspecified atom stereocenters. The molecule has 3 amide bonds. The monoisotopic (exact) mass is 411 g/mol. The van der Waals surface area contributed by atoms with E-state index in [1.165, 1.54) is 11.3 Å². The van der Waals surface area contributed by atoms with Gasteiger partial charge < -0.3 is 11.1 Å². The van der Waals surface area contributed by atoms with Gasteiger partial charge in [-0.2, -0.15) is 0 Å². The third-order valence-electron chi connectivity index (χ3n) is 4.97. The first-order chi connectivity index (χ1) is 13.6. The summed E-state index contributed by atoms with van der Waals surface area (Å²) in [6, 6.07) is 7.26. The topological polar surface area (TPSA) is 100 Å². The lowest BCUT2D eigenvalue weighted by Crippen LogP contribution is -2.30. The maximum absolute atomic E-state index is 12.6. The summed E-state index contributed by atoms with van der Waals surface area (Å²) in [6.45, 7) is 4.71. The van der Waals surface area contributed by atoms with E-state index in [1.807, 2.05) is 24.3 Å². The van der Waals surface area contributed by atoms with E-state index in [1.54, 1.807) is 12.4 Å². The van der Waals surface area contributed by atoms with Crippen LogP contribution in [0.25, 0.3) is 10.8 Å². The van der Waals surface area contributed by atoms with Gasteiger partial charge in [0, 0.05) is 34.9 Å². The van der Waals surface area contributed by atoms with Gasteiger partial charge in [0.25, 0.3) is 5.91 Å². The molecule has 0 saturated heterocycles. The Hall–Kier alpha value is -2.97. The molecule has 8 heteroatoms. The van der Waals surface area contributed by atoms with Crippen LogP contribution in [0.4, 0.5) is 15.5 Å². The van der Waals surface area contributed by atoms with Crippen LogP contribution in [0.3, 0.4) is 0 Å². The zero-order valence-corrected chi connectivity index (χ0v) is 16.3. The number of pyridine rings is 1. The summed E-state index contributed by atoms with van der Waals surface area (Å²) in [7, 11) is 0. The molecule has 0 aliphatic carbocycles. The van der Waals surface area contributed by atoms with Gasteiger partial charge in [-0.25, -0.2) is 4.79 Å². The van der Waals surface area contributed by atoms with Crippen molar-refractivity contribution < 1.29 is 9.59 Å². The highest BCUT2D eigenvalue weighted by atomic mass is 32.1. The van der Waals surface area contributed by atoms with Gasteiger partial charge in [-0.15, -0.1) is 11.3 Å². The lowest BCUT2D eigenvalue weighted by Gasteiger charge is -2.25. The summed E-state index contributed by atoms with van der Waals surface area (Å²) in [6.07, 6.45) is 4.11. The molecular formula is C21H25N5O2S. The van der Waals surface area contributed by atoms with E-state index in [0.29, 0.717) is 16.3 Å². The molecule has 1 aromatic carbocycles. The Morgan fingerprint density at radius 3 is 2.79 bits per heavy atom. The van der Waals surface area contributed by atoms with Crippen molar-refractivity contribution in [1.29, 1.82) is 0 Å². The number of urea groups is 1. The molecule has 29 heavy (non-hydrogen) atoms. The fourth-order valence-electron chi connectivity index (χ4n) is 3.55. The lowest BCUT2D eigenvalue weighted by atomic mass is 10.0. The van der Waals surface area contributed by atoms with Crippen molar-refractivity contribution in [2.75, 3.05) is 23.7 Å². The van der Waals surface area contributed by atoms with Crippen LogP contribution in [0.5, 0.6) is 0 Å². The number of primary amides is 1. The van der Waals surface area contributed by atoms with Crippen LogP contribution in [0, 0.1) is 0 Å². The van der Waals surface area contributed by atoms with Gasteiger partial charge in [-0.05, 0) is 18.5 Å². The highest BCUT2D eigenvalue weighted by Crippen LogP contribution is 2.37. The second-order valence-electron chi connectivity index (χ2n) is 6.68. The molecule has 7 nitrogen and oxygen atoms in total. The first kappa shape index (κ1) is 20.8. The average molecular weight is 412 g/mol. The summed E-state index contributed by atoms with van der Waals surface area (Å²) in [5.41, 5.74) is 7.63. The quantitative estimate of drug-likeness (QED) is 0.603. The highest BCUT2D eigenvalue weighted by molar-refractivity contribution is 7.17. The van der Waals surface area contributed by atoms with Gasteiger partial charge in [0.15, 0.2) is 0 Å². The Morgan fingerprint density at radius 1 is 1.24 bits per heavy atom. The summed E-state index contributed by atoms with van der Waals surface area (Å²) in [4.78, 5) is 32.2. The smallest absolute Gasteiger partial charge is 0.324 e. The molecule has 1 aliphatic heterocycles. The van der Waals surface area contributed by atoms with Crippen LogP contribution in [-0.4, -0.2) is 34.9 Å². The number of anilines is 2. The highest BCUT2D eigenvalue weighted by Gasteiger charge is 2.27. The SMILES string of the molecule is C.CCN1CCc2c(sc(NC(=O)Nc3cncc4ccccc34)c2C(N)=O)C1. The van der Waals surface area contributed by atoms with E-state index in [2.05, 4.69) is 27.4 Å². The molecule has 152 valence electrons. The standard InChI is InChI=1S/C20H21N5O2S.CH4/c1-2-25-8-7-14-16(11-25)28-19(17(14)18(21)26)24-20(27)23-15-10-22-9-12-5-3-4-6-13(12)15;/h3-6,9-10H,2,7-8,11H2,1H3,(H2,21,26)(H2,23,24,27);1H4. The van der Waals surface area contributed by atoms with E-state index in [0.717, 1.165) is 47.3 Å². The number of nitrogens with zero attached hydrogens (tertiary/aromatic N) is 2. The zero-order valence-electron chi connectivity index (χ0n) is 15.5. The first-order valence-corrected chi connectivity index (χ1v) is 9.96. The number of hydrogen-bond acceptors (Lipinski definition) is 5. The molecule has 0 bridgehead atoms. The number of hydrogen-bond donors (Lipinski definition) is 3. The minimum atomic E-state index is -0.510.